The minimum absolute atomic E-state index is 0.101. The maximum Gasteiger partial charge on any atom is 0.149 e. The van der Waals surface area contributed by atoms with Crippen molar-refractivity contribution in [2.75, 3.05) is 14.2 Å². The summed E-state index contributed by atoms with van der Waals surface area (Å²) in [5, 5.41) is 13.6. The zero-order chi connectivity index (χ0) is 13.0. The second-order valence-corrected chi connectivity index (χ2v) is 5.01. The molecule has 18 heavy (non-hydrogen) atoms. The van der Waals surface area contributed by atoms with Gasteiger partial charge in [0.05, 0.1) is 6.10 Å². The molecule has 1 aromatic carbocycles. The van der Waals surface area contributed by atoms with Crippen LogP contribution in [0.3, 0.4) is 0 Å². The zero-order valence-electron chi connectivity index (χ0n) is 11.2. The smallest absolute Gasteiger partial charge is 0.149 e. The van der Waals surface area contributed by atoms with E-state index >= 15 is 0 Å². The average molecular weight is 249 g/mol. The molecule has 2 rings (SSSR count). The van der Waals surface area contributed by atoms with Gasteiger partial charge in [0.25, 0.3) is 0 Å². The van der Waals surface area contributed by atoms with Gasteiger partial charge in [-0.15, -0.1) is 0 Å². The van der Waals surface area contributed by atoms with E-state index in [9.17, 15) is 5.11 Å². The van der Waals surface area contributed by atoms with Crippen molar-refractivity contribution < 1.29 is 9.84 Å². The number of aliphatic hydroxyl groups is 1. The van der Waals surface area contributed by atoms with Crippen LogP contribution in [0, 0.1) is 5.92 Å². The lowest BCUT2D eigenvalue weighted by Crippen LogP contribution is -2.53. The lowest BCUT2D eigenvalue weighted by molar-refractivity contribution is -0.135. The molecular formula is C15H23NO2. The minimum atomic E-state index is -0.582. The van der Waals surface area contributed by atoms with E-state index in [0.29, 0.717) is 0 Å². The van der Waals surface area contributed by atoms with E-state index in [1.807, 2.05) is 25.2 Å². The molecule has 100 valence electrons. The van der Waals surface area contributed by atoms with Crippen LogP contribution in [0.2, 0.25) is 0 Å². The maximum absolute atomic E-state index is 10.3. The first-order chi connectivity index (χ1) is 8.74. The van der Waals surface area contributed by atoms with Gasteiger partial charge >= 0.3 is 0 Å². The third-order valence-electron chi connectivity index (χ3n) is 4.15. The number of nitrogens with one attached hydrogen (secondary N) is 1. The van der Waals surface area contributed by atoms with E-state index in [1.165, 1.54) is 0 Å². The topological polar surface area (TPSA) is 41.5 Å². The molecule has 0 aromatic heterocycles. The summed E-state index contributed by atoms with van der Waals surface area (Å²) >= 11 is 0. The minimum Gasteiger partial charge on any atom is -0.393 e. The fourth-order valence-electron chi connectivity index (χ4n) is 3.19. The van der Waals surface area contributed by atoms with Crippen molar-refractivity contribution in [3.63, 3.8) is 0 Å². The normalized spacial score (nSPS) is 27.7. The number of aliphatic hydroxyl groups excluding tert-OH is 1. The van der Waals surface area contributed by atoms with E-state index in [-0.39, 0.29) is 12.0 Å². The maximum atomic E-state index is 10.3. The van der Waals surface area contributed by atoms with Crippen molar-refractivity contribution in [3.8, 4) is 0 Å². The summed E-state index contributed by atoms with van der Waals surface area (Å²) in [5.74, 6) is 0.101. The number of hydrogen-bond acceptors (Lipinski definition) is 3. The molecule has 0 heterocycles. The second kappa shape index (κ2) is 5.83. The van der Waals surface area contributed by atoms with Crippen LogP contribution < -0.4 is 5.32 Å². The monoisotopic (exact) mass is 249 g/mol. The third kappa shape index (κ3) is 2.30. The molecule has 3 atom stereocenters. The first kappa shape index (κ1) is 13.5. The van der Waals surface area contributed by atoms with Crippen LogP contribution in [0.1, 0.15) is 31.2 Å². The van der Waals surface area contributed by atoms with E-state index < -0.39 is 5.72 Å². The number of benzene rings is 1. The van der Waals surface area contributed by atoms with Gasteiger partial charge in [-0.1, -0.05) is 43.2 Å². The molecule has 0 bridgehead atoms. The van der Waals surface area contributed by atoms with Crippen LogP contribution in [0.25, 0.3) is 0 Å². The van der Waals surface area contributed by atoms with E-state index in [4.69, 9.17) is 4.74 Å². The lowest BCUT2D eigenvalue weighted by Gasteiger charge is -2.44. The number of rotatable bonds is 4. The SMILES string of the molecule is CNC(OC)(c1ccccc1)C1CCCCC1O. The molecule has 0 amide bonds. The Labute approximate surface area is 109 Å². The summed E-state index contributed by atoms with van der Waals surface area (Å²) in [7, 11) is 3.61. The Hall–Kier alpha value is -0.900. The van der Waals surface area contributed by atoms with Gasteiger partial charge in [-0.2, -0.15) is 0 Å². The van der Waals surface area contributed by atoms with Crippen LogP contribution in [-0.2, 0) is 10.5 Å². The summed E-state index contributed by atoms with van der Waals surface area (Å²) in [6.45, 7) is 0. The van der Waals surface area contributed by atoms with Crippen LogP contribution in [0.4, 0.5) is 0 Å². The van der Waals surface area contributed by atoms with Gasteiger partial charge in [0.1, 0.15) is 5.72 Å². The summed E-state index contributed by atoms with van der Waals surface area (Å²) in [6.07, 6.45) is 3.82. The Morgan fingerprint density at radius 1 is 1.22 bits per heavy atom. The lowest BCUT2D eigenvalue weighted by atomic mass is 9.76. The van der Waals surface area contributed by atoms with Gasteiger partial charge in [0.2, 0.25) is 0 Å². The molecule has 1 saturated carbocycles. The first-order valence-corrected chi connectivity index (χ1v) is 6.72. The number of methoxy groups -OCH3 is 1. The van der Waals surface area contributed by atoms with Crippen molar-refractivity contribution in [1.29, 1.82) is 0 Å². The zero-order valence-corrected chi connectivity index (χ0v) is 11.2. The van der Waals surface area contributed by atoms with Gasteiger partial charge in [-0.05, 0) is 25.5 Å². The standard InChI is InChI=1S/C15H23NO2/c1-16-15(18-2,12-8-4-3-5-9-12)13-10-6-7-11-14(13)17/h3-5,8-9,13-14,16-17H,6-7,10-11H2,1-2H3. The molecule has 0 saturated heterocycles. The van der Waals surface area contributed by atoms with Crippen molar-refractivity contribution in [1.82, 2.24) is 5.32 Å². The van der Waals surface area contributed by atoms with Crippen molar-refractivity contribution >= 4 is 0 Å². The van der Waals surface area contributed by atoms with E-state index in [1.54, 1.807) is 7.11 Å². The molecule has 1 fully saturated rings. The largest absolute Gasteiger partial charge is 0.393 e. The highest BCUT2D eigenvalue weighted by atomic mass is 16.5. The summed E-state index contributed by atoms with van der Waals surface area (Å²) in [6, 6.07) is 10.1. The Morgan fingerprint density at radius 3 is 2.44 bits per heavy atom. The third-order valence-corrected chi connectivity index (χ3v) is 4.15. The molecule has 0 radical (unpaired) electrons. The molecule has 1 aromatic rings. The number of hydrogen-bond donors (Lipinski definition) is 2. The van der Waals surface area contributed by atoms with Crippen molar-refractivity contribution in [2.45, 2.75) is 37.5 Å². The molecule has 2 N–H and O–H groups in total. The van der Waals surface area contributed by atoms with Gasteiger partial charge < -0.3 is 9.84 Å². The second-order valence-electron chi connectivity index (χ2n) is 5.01. The molecule has 3 nitrogen and oxygen atoms in total. The van der Waals surface area contributed by atoms with E-state index in [0.717, 1.165) is 31.2 Å². The molecule has 3 unspecified atom stereocenters. The Morgan fingerprint density at radius 2 is 1.89 bits per heavy atom. The van der Waals surface area contributed by atoms with Gasteiger partial charge in [-0.25, -0.2) is 0 Å². The molecule has 3 heteroatoms. The highest BCUT2D eigenvalue weighted by Gasteiger charge is 2.44. The molecule has 1 aliphatic rings. The van der Waals surface area contributed by atoms with Crippen LogP contribution >= 0.6 is 0 Å². The van der Waals surface area contributed by atoms with Gasteiger partial charge in [0.15, 0.2) is 0 Å². The molecule has 0 spiro atoms. The van der Waals surface area contributed by atoms with Crippen molar-refractivity contribution in [2.24, 2.45) is 5.92 Å². The highest BCUT2D eigenvalue weighted by Crippen LogP contribution is 2.39. The fourth-order valence-corrected chi connectivity index (χ4v) is 3.19. The number of ether oxygens (including phenoxy) is 1. The Bertz CT molecular complexity index is 362. The van der Waals surface area contributed by atoms with Crippen LogP contribution in [-0.4, -0.2) is 25.4 Å². The molecule has 1 aliphatic carbocycles. The molecular weight excluding hydrogens is 226 g/mol. The van der Waals surface area contributed by atoms with Gasteiger partial charge in [0, 0.05) is 13.0 Å². The van der Waals surface area contributed by atoms with Crippen LogP contribution in [0.5, 0.6) is 0 Å². The van der Waals surface area contributed by atoms with Crippen LogP contribution in [0.15, 0.2) is 30.3 Å². The predicted octanol–water partition coefficient (Wildman–Crippen LogP) is 2.26. The fraction of sp³-hybridized carbons (Fsp3) is 0.600. The summed E-state index contributed by atoms with van der Waals surface area (Å²) in [4.78, 5) is 0. The Balaban J connectivity index is 2.36. The quantitative estimate of drug-likeness (QED) is 0.804. The molecule has 0 aliphatic heterocycles. The van der Waals surface area contributed by atoms with Crippen molar-refractivity contribution in [3.05, 3.63) is 35.9 Å². The first-order valence-electron chi connectivity index (χ1n) is 6.72. The van der Waals surface area contributed by atoms with Gasteiger partial charge in [-0.3, -0.25) is 5.32 Å². The van der Waals surface area contributed by atoms with E-state index in [2.05, 4.69) is 17.4 Å². The highest BCUT2D eigenvalue weighted by molar-refractivity contribution is 5.23. The predicted molar refractivity (Wildman–Crippen MR) is 72.2 cm³/mol. The average Bonchev–Trinajstić information content (AvgIpc) is 2.44. The Kier molecular flexibility index (Phi) is 4.38. The summed E-state index contributed by atoms with van der Waals surface area (Å²) < 4.78 is 5.81. The summed E-state index contributed by atoms with van der Waals surface area (Å²) in [5.41, 5.74) is 0.502.